The van der Waals surface area contributed by atoms with Crippen LogP contribution in [0, 0.1) is 12.8 Å². The molecule has 1 aromatic rings. The van der Waals surface area contributed by atoms with E-state index in [2.05, 4.69) is 16.9 Å². The molecule has 3 N–H and O–H groups in total. The maximum Gasteiger partial charge on any atom is 0.240 e. The van der Waals surface area contributed by atoms with Crippen LogP contribution in [0.2, 0.25) is 0 Å². The van der Waals surface area contributed by atoms with Gasteiger partial charge in [-0.05, 0) is 49.8 Å². The molecule has 1 unspecified atom stereocenters. The summed E-state index contributed by atoms with van der Waals surface area (Å²) in [5, 5.41) is 0. The van der Waals surface area contributed by atoms with E-state index in [1.54, 1.807) is 25.1 Å². The van der Waals surface area contributed by atoms with E-state index in [0.717, 1.165) is 19.3 Å². The number of sulfonamides is 1. The number of allylic oxidation sites excluding steroid dienone is 2. The Morgan fingerprint density at radius 3 is 2.84 bits per heavy atom. The molecule has 0 aliphatic heterocycles. The van der Waals surface area contributed by atoms with Crippen molar-refractivity contribution in [3.05, 3.63) is 35.9 Å². The van der Waals surface area contributed by atoms with Crippen molar-refractivity contribution in [1.82, 2.24) is 4.72 Å². The fraction of sp³-hybridized carbons (Fsp3) is 0.429. The van der Waals surface area contributed by atoms with Crippen LogP contribution in [0.15, 0.2) is 35.2 Å². The second kappa shape index (κ2) is 5.75. The molecular weight excluding hydrogens is 260 g/mol. The quantitative estimate of drug-likeness (QED) is 0.656. The Morgan fingerprint density at radius 2 is 2.16 bits per heavy atom. The number of anilines is 1. The fourth-order valence-electron chi connectivity index (χ4n) is 2.27. The molecule has 5 heteroatoms. The van der Waals surface area contributed by atoms with Crippen LogP contribution < -0.4 is 10.5 Å². The van der Waals surface area contributed by atoms with Gasteiger partial charge in [0, 0.05) is 12.2 Å². The molecule has 4 nitrogen and oxygen atoms in total. The largest absolute Gasteiger partial charge is 0.398 e. The predicted molar refractivity (Wildman–Crippen MR) is 77.3 cm³/mol. The lowest BCUT2D eigenvalue weighted by molar-refractivity contribution is 0.468. The first-order valence-electron chi connectivity index (χ1n) is 6.50. The Bertz CT molecular complexity index is 579. The Hall–Kier alpha value is -1.33. The number of rotatable bonds is 4. The highest BCUT2D eigenvalue weighted by Gasteiger charge is 2.19. The van der Waals surface area contributed by atoms with Gasteiger partial charge in [0.05, 0.1) is 4.90 Å². The van der Waals surface area contributed by atoms with Crippen LogP contribution in [0.3, 0.4) is 0 Å². The van der Waals surface area contributed by atoms with E-state index >= 15 is 0 Å². The Morgan fingerprint density at radius 1 is 1.37 bits per heavy atom. The van der Waals surface area contributed by atoms with Crippen LogP contribution in [-0.4, -0.2) is 15.0 Å². The van der Waals surface area contributed by atoms with Crippen LogP contribution in [-0.2, 0) is 10.0 Å². The van der Waals surface area contributed by atoms with Gasteiger partial charge in [0.2, 0.25) is 10.0 Å². The summed E-state index contributed by atoms with van der Waals surface area (Å²) in [6, 6.07) is 4.97. The van der Waals surface area contributed by atoms with Crippen molar-refractivity contribution in [3.8, 4) is 0 Å². The molecule has 0 spiro atoms. The first-order valence-corrected chi connectivity index (χ1v) is 7.99. The molecule has 1 atom stereocenters. The third-order valence-corrected chi connectivity index (χ3v) is 5.12. The smallest absolute Gasteiger partial charge is 0.240 e. The van der Waals surface area contributed by atoms with Crippen molar-refractivity contribution in [2.24, 2.45) is 5.92 Å². The molecule has 1 aromatic carbocycles. The number of nitrogen functional groups attached to an aromatic ring is 1. The molecule has 0 radical (unpaired) electrons. The van der Waals surface area contributed by atoms with E-state index < -0.39 is 10.0 Å². The summed E-state index contributed by atoms with van der Waals surface area (Å²) < 4.78 is 27.2. The topological polar surface area (TPSA) is 72.2 Å². The SMILES string of the molecule is Cc1c(N)cccc1S(=O)(=O)NCC1CC=CCC1. The molecule has 0 heterocycles. The van der Waals surface area contributed by atoms with Gasteiger partial charge in [-0.25, -0.2) is 13.1 Å². The average molecular weight is 280 g/mol. The Labute approximate surface area is 114 Å². The first kappa shape index (κ1) is 14.1. The second-order valence-electron chi connectivity index (χ2n) is 4.97. The molecule has 2 rings (SSSR count). The number of hydrogen-bond acceptors (Lipinski definition) is 3. The monoisotopic (exact) mass is 280 g/mol. The molecule has 1 aliphatic carbocycles. The molecule has 0 bridgehead atoms. The summed E-state index contributed by atoms with van der Waals surface area (Å²) in [6.45, 7) is 2.22. The van der Waals surface area contributed by atoms with Gasteiger partial charge in [-0.3, -0.25) is 0 Å². The van der Waals surface area contributed by atoms with Gasteiger partial charge in [0.1, 0.15) is 0 Å². The van der Waals surface area contributed by atoms with Gasteiger partial charge < -0.3 is 5.73 Å². The number of nitrogens with one attached hydrogen (secondary N) is 1. The third kappa shape index (κ3) is 3.36. The minimum absolute atomic E-state index is 0.277. The van der Waals surface area contributed by atoms with Gasteiger partial charge >= 0.3 is 0 Å². The van der Waals surface area contributed by atoms with Crippen molar-refractivity contribution in [2.45, 2.75) is 31.1 Å². The molecule has 104 valence electrons. The summed E-state index contributed by atoms with van der Waals surface area (Å²) in [6.07, 6.45) is 7.28. The van der Waals surface area contributed by atoms with Gasteiger partial charge in [-0.2, -0.15) is 0 Å². The molecule has 19 heavy (non-hydrogen) atoms. The summed E-state index contributed by atoms with van der Waals surface area (Å²) in [7, 11) is -3.47. The molecule has 1 aliphatic rings. The van der Waals surface area contributed by atoms with Gasteiger partial charge in [0.25, 0.3) is 0 Å². The molecule has 0 saturated heterocycles. The zero-order valence-electron chi connectivity index (χ0n) is 11.1. The zero-order chi connectivity index (χ0) is 13.9. The van der Waals surface area contributed by atoms with Crippen molar-refractivity contribution >= 4 is 15.7 Å². The van der Waals surface area contributed by atoms with Crippen molar-refractivity contribution < 1.29 is 8.42 Å². The van der Waals surface area contributed by atoms with E-state index in [0.29, 0.717) is 23.7 Å². The predicted octanol–water partition coefficient (Wildman–Crippen LogP) is 2.21. The van der Waals surface area contributed by atoms with Gasteiger partial charge in [-0.15, -0.1) is 0 Å². The van der Waals surface area contributed by atoms with Crippen LogP contribution >= 0.6 is 0 Å². The fourth-order valence-corrected chi connectivity index (χ4v) is 3.66. The van der Waals surface area contributed by atoms with E-state index in [1.165, 1.54) is 0 Å². The van der Waals surface area contributed by atoms with Crippen molar-refractivity contribution in [3.63, 3.8) is 0 Å². The summed E-state index contributed by atoms with van der Waals surface area (Å²) in [5.74, 6) is 0.390. The zero-order valence-corrected chi connectivity index (χ0v) is 11.9. The maximum absolute atomic E-state index is 12.3. The molecule has 0 saturated carbocycles. The second-order valence-corrected chi connectivity index (χ2v) is 6.71. The Balaban J connectivity index is 2.09. The molecule has 0 aromatic heterocycles. The highest BCUT2D eigenvalue weighted by atomic mass is 32.2. The normalized spacial score (nSPS) is 19.5. The maximum atomic E-state index is 12.3. The van der Waals surface area contributed by atoms with Gasteiger partial charge in [0.15, 0.2) is 0 Å². The van der Waals surface area contributed by atoms with Crippen LogP contribution in [0.4, 0.5) is 5.69 Å². The van der Waals surface area contributed by atoms with E-state index in [1.807, 2.05) is 0 Å². The molecule has 0 fully saturated rings. The molecule has 0 amide bonds. The summed E-state index contributed by atoms with van der Waals surface area (Å²) >= 11 is 0. The summed E-state index contributed by atoms with van der Waals surface area (Å²) in [4.78, 5) is 0.277. The summed E-state index contributed by atoms with van der Waals surface area (Å²) in [5.41, 5.74) is 6.87. The van der Waals surface area contributed by atoms with Crippen LogP contribution in [0.5, 0.6) is 0 Å². The lowest BCUT2D eigenvalue weighted by atomic mass is 9.95. The highest BCUT2D eigenvalue weighted by Crippen LogP contribution is 2.22. The minimum atomic E-state index is -3.47. The highest BCUT2D eigenvalue weighted by molar-refractivity contribution is 7.89. The lowest BCUT2D eigenvalue weighted by Crippen LogP contribution is -2.30. The lowest BCUT2D eigenvalue weighted by Gasteiger charge is -2.18. The minimum Gasteiger partial charge on any atom is -0.398 e. The Kier molecular flexibility index (Phi) is 4.27. The average Bonchev–Trinajstić information content (AvgIpc) is 2.41. The number of nitrogens with two attached hydrogens (primary N) is 1. The van der Waals surface area contributed by atoms with Crippen LogP contribution in [0.1, 0.15) is 24.8 Å². The first-order chi connectivity index (χ1) is 9.00. The van der Waals surface area contributed by atoms with Gasteiger partial charge in [-0.1, -0.05) is 18.2 Å². The standard InChI is InChI=1S/C14H20N2O2S/c1-11-13(15)8-5-9-14(11)19(17,18)16-10-12-6-3-2-4-7-12/h2-3,5,8-9,12,16H,4,6-7,10,15H2,1H3. The number of hydrogen-bond donors (Lipinski definition) is 2. The van der Waals surface area contributed by atoms with Crippen molar-refractivity contribution in [2.75, 3.05) is 12.3 Å². The number of benzene rings is 1. The van der Waals surface area contributed by atoms with Crippen molar-refractivity contribution in [1.29, 1.82) is 0 Å². The van der Waals surface area contributed by atoms with E-state index in [4.69, 9.17) is 5.73 Å². The van der Waals surface area contributed by atoms with E-state index in [9.17, 15) is 8.42 Å². The molecular formula is C14H20N2O2S. The van der Waals surface area contributed by atoms with E-state index in [-0.39, 0.29) is 4.90 Å². The van der Waals surface area contributed by atoms with Crippen LogP contribution in [0.25, 0.3) is 0 Å². The third-order valence-electron chi connectivity index (χ3n) is 3.56.